The summed E-state index contributed by atoms with van der Waals surface area (Å²) in [4.78, 5) is 67.9. The zero-order chi connectivity index (χ0) is 35.2. The molecule has 5 amide bonds. The molecular formula is C39H42N4O7. The van der Waals surface area contributed by atoms with Crippen LogP contribution in [-0.4, -0.2) is 70.0 Å². The Labute approximate surface area is 291 Å². The van der Waals surface area contributed by atoms with Gasteiger partial charge in [0.15, 0.2) is 0 Å². The topological polar surface area (TPSA) is 134 Å². The number of imide groups is 1. The monoisotopic (exact) mass is 678 g/mol. The second-order valence-electron chi connectivity index (χ2n) is 14.6. The molecular weight excluding hydrogens is 636 g/mol. The first-order valence-electron chi connectivity index (χ1n) is 17.3. The van der Waals surface area contributed by atoms with E-state index in [1.54, 1.807) is 11.0 Å². The Hall–Kier alpha value is -5.19. The molecule has 2 aliphatic carbocycles. The van der Waals surface area contributed by atoms with E-state index in [4.69, 9.17) is 9.47 Å². The van der Waals surface area contributed by atoms with E-state index in [0.29, 0.717) is 18.4 Å². The molecule has 2 heterocycles. The minimum atomic E-state index is -0.716. The number of amides is 5. The standard InChI is InChI=1S/C39H42N4O7/c1-39(2,3)50-37(47)40-31-13-8-14-32(31)43(38(48)49-22-30-28-11-6-4-9-26(28)27-10-5-7-12-29(27)30)20-23-15-16-25-24(19-23)21-42(36(25)46)33-17-18-34(44)41-35(33)45/h4-7,9-12,15-16,19,30-33H,8,13-14,17-18,20-22H2,1-3H3,(H,40,47)(H,41,44,45)/t31-,32-,33?/m0/s1. The van der Waals surface area contributed by atoms with E-state index >= 15 is 0 Å². The number of carbonyl (C=O) groups excluding carboxylic acids is 5. The van der Waals surface area contributed by atoms with Gasteiger partial charge in [0.2, 0.25) is 11.8 Å². The maximum absolute atomic E-state index is 14.2. The minimum absolute atomic E-state index is 0.114. The van der Waals surface area contributed by atoms with Crippen molar-refractivity contribution in [2.24, 2.45) is 0 Å². The minimum Gasteiger partial charge on any atom is -0.448 e. The van der Waals surface area contributed by atoms with E-state index in [-0.39, 0.29) is 62.4 Å². The average molecular weight is 679 g/mol. The fraction of sp³-hybridized carbons (Fsp3) is 0.410. The summed E-state index contributed by atoms with van der Waals surface area (Å²) < 4.78 is 11.7. The van der Waals surface area contributed by atoms with Crippen molar-refractivity contribution in [3.8, 4) is 11.1 Å². The molecule has 1 saturated carbocycles. The summed E-state index contributed by atoms with van der Waals surface area (Å²) in [5.41, 5.74) is 5.86. The molecule has 3 aromatic carbocycles. The molecule has 2 N–H and O–H groups in total. The van der Waals surface area contributed by atoms with E-state index < -0.39 is 29.7 Å². The van der Waals surface area contributed by atoms with E-state index in [9.17, 15) is 24.0 Å². The van der Waals surface area contributed by atoms with Gasteiger partial charge in [-0.25, -0.2) is 9.59 Å². The fourth-order valence-corrected chi connectivity index (χ4v) is 7.86. The molecule has 11 nitrogen and oxygen atoms in total. The Morgan fingerprint density at radius 3 is 2.30 bits per heavy atom. The van der Waals surface area contributed by atoms with Crippen LogP contribution in [0.1, 0.15) is 91.4 Å². The van der Waals surface area contributed by atoms with Gasteiger partial charge < -0.3 is 19.7 Å². The van der Waals surface area contributed by atoms with Crippen molar-refractivity contribution in [2.75, 3.05) is 6.61 Å². The summed E-state index contributed by atoms with van der Waals surface area (Å²) >= 11 is 0. The molecule has 260 valence electrons. The molecule has 3 aromatic rings. The van der Waals surface area contributed by atoms with Gasteiger partial charge in [0.05, 0.1) is 12.1 Å². The van der Waals surface area contributed by atoms with Crippen LogP contribution in [0.5, 0.6) is 0 Å². The normalized spacial score (nSPS) is 21.3. The van der Waals surface area contributed by atoms with Crippen LogP contribution in [0.3, 0.4) is 0 Å². The highest BCUT2D eigenvalue weighted by Gasteiger charge is 2.41. The van der Waals surface area contributed by atoms with Gasteiger partial charge in [-0.15, -0.1) is 0 Å². The Kier molecular flexibility index (Phi) is 8.84. The predicted molar refractivity (Wildman–Crippen MR) is 184 cm³/mol. The van der Waals surface area contributed by atoms with Crippen LogP contribution < -0.4 is 10.6 Å². The molecule has 0 spiro atoms. The van der Waals surface area contributed by atoms with E-state index in [1.165, 1.54) is 4.90 Å². The lowest BCUT2D eigenvalue weighted by molar-refractivity contribution is -0.136. The summed E-state index contributed by atoms with van der Waals surface area (Å²) in [6, 6.07) is 20.4. The van der Waals surface area contributed by atoms with Crippen molar-refractivity contribution in [2.45, 2.75) is 95.6 Å². The predicted octanol–water partition coefficient (Wildman–Crippen LogP) is 5.64. The number of hydrogen-bond donors (Lipinski definition) is 2. The molecule has 11 heteroatoms. The molecule has 4 aliphatic rings. The SMILES string of the molecule is CC(C)(C)OC(=O)N[C@H]1CCC[C@@H]1N(Cc1ccc2c(c1)CN(C1CCC(=O)NC1=O)C2=O)C(=O)OCC1c2ccccc2-c2ccccc21. The van der Waals surface area contributed by atoms with E-state index in [2.05, 4.69) is 34.9 Å². The first kappa shape index (κ1) is 33.3. The summed E-state index contributed by atoms with van der Waals surface area (Å²) in [6.07, 6.45) is 1.58. The van der Waals surface area contributed by atoms with Gasteiger partial charge >= 0.3 is 12.2 Å². The number of carbonyl (C=O) groups is 5. The highest BCUT2D eigenvalue weighted by Crippen LogP contribution is 2.44. The molecule has 50 heavy (non-hydrogen) atoms. The molecule has 0 aromatic heterocycles. The zero-order valence-electron chi connectivity index (χ0n) is 28.6. The summed E-state index contributed by atoms with van der Waals surface area (Å²) in [5, 5.41) is 5.34. The summed E-state index contributed by atoms with van der Waals surface area (Å²) in [7, 11) is 0. The van der Waals surface area contributed by atoms with Gasteiger partial charge in [-0.2, -0.15) is 0 Å². The third kappa shape index (κ3) is 6.56. The van der Waals surface area contributed by atoms with Crippen LogP contribution >= 0.6 is 0 Å². The zero-order valence-corrected chi connectivity index (χ0v) is 28.6. The largest absolute Gasteiger partial charge is 0.448 e. The molecule has 0 bridgehead atoms. The van der Waals surface area contributed by atoms with Crippen LogP contribution in [0.4, 0.5) is 9.59 Å². The number of nitrogens with zero attached hydrogens (tertiary/aromatic N) is 2. The molecule has 3 atom stereocenters. The molecule has 2 aliphatic heterocycles. The highest BCUT2D eigenvalue weighted by atomic mass is 16.6. The Morgan fingerprint density at radius 2 is 1.62 bits per heavy atom. The van der Waals surface area contributed by atoms with Gasteiger partial charge in [-0.1, -0.05) is 60.7 Å². The third-order valence-corrected chi connectivity index (χ3v) is 10.1. The lowest BCUT2D eigenvalue weighted by atomic mass is 9.98. The Balaban J connectivity index is 1.13. The molecule has 1 unspecified atom stereocenters. The number of hydrogen-bond acceptors (Lipinski definition) is 7. The van der Waals surface area contributed by atoms with Crippen molar-refractivity contribution < 1.29 is 33.4 Å². The maximum Gasteiger partial charge on any atom is 0.410 e. The van der Waals surface area contributed by atoms with Crippen molar-refractivity contribution in [3.63, 3.8) is 0 Å². The Bertz CT molecular complexity index is 1820. The number of fused-ring (bicyclic) bond motifs is 4. The number of alkyl carbamates (subject to hydrolysis) is 1. The van der Waals surface area contributed by atoms with Gasteiger partial charge in [-0.05, 0) is 85.9 Å². The lowest BCUT2D eigenvalue weighted by Crippen LogP contribution is -2.52. The number of benzene rings is 3. The summed E-state index contributed by atoms with van der Waals surface area (Å²) in [5.74, 6) is -1.17. The number of ether oxygens (including phenoxy) is 2. The van der Waals surface area contributed by atoms with Crippen molar-refractivity contribution in [1.29, 1.82) is 0 Å². The van der Waals surface area contributed by atoms with Crippen LogP contribution in [0.2, 0.25) is 0 Å². The van der Waals surface area contributed by atoms with Crippen LogP contribution in [0, 0.1) is 0 Å². The fourth-order valence-electron chi connectivity index (χ4n) is 7.86. The van der Waals surface area contributed by atoms with E-state index in [1.807, 2.05) is 57.2 Å². The second-order valence-corrected chi connectivity index (χ2v) is 14.6. The number of piperidine rings is 1. The summed E-state index contributed by atoms with van der Waals surface area (Å²) in [6.45, 7) is 5.99. The van der Waals surface area contributed by atoms with Gasteiger partial charge in [0.1, 0.15) is 18.2 Å². The third-order valence-electron chi connectivity index (χ3n) is 10.1. The molecule has 1 saturated heterocycles. The Morgan fingerprint density at radius 1 is 0.920 bits per heavy atom. The lowest BCUT2D eigenvalue weighted by Gasteiger charge is -2.33. The van der Waals surface area contributed by atoms with Crippen LogP contribution in [0.15, 0.2) is 66.7 Å². The van der Waals surface area contributed by atoms with Crippen LogP contribution in [-0.2, 0) is 32.2 Å². The first-order valence-corrected chi connectivity index (χ1v) is 17.3. The average Bonchev–Trinajstić information content (AvgIpc) is 3.75. The smallest absolute Gasteiger partial charge is 0.410 e. The molecule has 2 fully saturated rings. The molecule has 7 rings (SSSR count). The highest BCUT2D eigenvalue weighted by molar-refractivity contribution is 6.05. The number of nitrogens with one attached hydrogen (secondary N) is 2. The maximum atomic E-state index is 14.2. The quantitative estimate of drug-likeness (QED) is 0.309. The number of rotatable bonds is 7. The molecule has 0 radical (unpaired) electrons. The van der Waals surface area contributed by atoms with Crippen molar-refractivity contribution in [3.05, 3.63) is 94.5 Å². The van der Waals surface area contributed by atoms with E-state index in [0.717, 1.165) is 39.8 Å². The second kappa shape index (κ2) is 13.3. The van der Waals surface area contributed by atoms with Gasteiger partial charge in [-0.3, -0.25) is 24.6 Å². The van der Waals surface area contributed by atoms with Crippen molar-refractivity contribution >= 4 is 29.9 Å². The first-order chi connectivity index (χ1) is 24.0. The van der Waals surface area contributed by atoms with Gasteiger partial charge in [0.25, 0.3) is 5.91 Å². The van der Waals surface area contributed by atoms with Crippen molar-refractivity contribution in [1.82, 2.24) is 20.4 Å². The van der Waals surface area contributed by atoms with Gasteiger partial charge in [0, 0.05) is 31.0 Å². The van der Waals surface area contributed by atoms with Crippen LogP contribution in [0.25, 0.3) is 11.1 Å².